The SMILES string of the molecule is CCCCCNC(=O)C1CCN(C(=O)N[C@H](C)COC)CC1. The van der Waals surface area contributed by atoms with Gasteiger partial charge in [-0.25, -0.2) is 4.79 Å². The minimum atomic E-state index is -0.0636. The van der Waals surface area contributed by atoms with E-state index in [4.69, 9.17) is 4.74 Å². The second-order valence-corrected chi connectivity index (χ2v) is 6.07. The van der Waals surface area contributed by atoms with Gasteiger partial charge in [0.1, 0.15) is 0 Å². The van der Waals surface area contributed by atoms with Crippen LogP contribution in [0.4, 0.5) is 4.79 Å². The summed E-state index contributed by atoms with van der Waals surface area (Å²) in [5.74, 6) is 0.186. The molecule has 22 heavy (non-hydrogen) atoms. The van der Waals surface area contributed by atoms with Crippen molar-refractivity contribution < 1.29 is 14.3 Å². The number of ether oxygens (including phenoxy) is 1. The van der Waals surface area contributed by atoms with E-state index >= 15 is 0 Å². The summed E-state index contributed by atoms with van der Waals surface area (Å²) in [4.78, 5) is 25.9. The van der Waals surface area contributed by atoms with Gasteiger partial charge in [-0.3, -0.25) is 4.79 Å². The molecule has 128 valence electrons. The number of hydrogen-bond acceptors (Lipinski definition) is 3. The van der Waals surface area contributed by atoms with Gasteiger partial charge >= 0.3 is 6.03 Å². The molecule has 0 bridgehead atoms. The molecule has 1 fully saturated rings. The van der Waals surface area contributed by atoms with Gasteiger partial charge in [0.15, 0.2) is 0 Å². The second-order valence-electron chi connectivity index (χ2n) is 6.07. The largest absolute Gasteiger partial charge is 0.383 e. The monoisotopic (exact) mass is 313 g/mol. The zero-order valence-corrected chi connectivity index (χ0v) is 14.2. The van der Waals surface area contributed by atoms with Crippen LogP contribution in [0.2, 0.25) is 0 Å². The van der Waals surface area contributed by atoms with Crippen LogP contribution in [0.1, 0.15) is 46.0 Å². The van der Waals surface area contributed by atoms with Gasteiger partial charge < -0.3 is 20.3 Å². The number of amides is 3. The molecule has 0 radical (unpaired) electrons. The van der Waals surface area contributed by atoms with E-state index in [0.29, 0.717) is 19.7 Å². The van der Waals surface area contributed by atoms with Crippen LogP contribution in [0.3, 0.4) is 0 Å². The van der Waals surface area contributed by atoms with Crippen LogP contribution in [0.5, 0.6) is 0 Å². The lowest BCUT2D eigenvalue weighted by atomic mass is 9.96. The summed E-state index contributed by atoms with van der Waals surface area (Å²) in [5.41, 5.74) is 0. The number of urea groups is 1. The van der Waals surface area contributed by atoms with Gasteiger partial charge in [0, 0.05) is 32.7 Å². The predicted molar refractivity (Wildman–Crippen MR) is 86.7 cm³/mol. The number of nitrogens with one attached hydrogen (secondary N) is 2. The number of piperidine rings is 1. The maximum absolute atomic E-state index is 12.1. The average molecular weight is 313 g/mol. The Hall–Kier alpha value is -1.30. The molecule has 0 saturated carbocycles. The first-order valence-corrected chi connectivity index (χ1v) is 8.40. The quantitative estimate of drug-likeness (QED) is 0.671. The zero-order valence-electron chi connectivity index (χ0n) is 14.2. The molecule has 6 heteroatoms. The molecular weight excluding hydrogens is 282 g/mol. The Morgan fingerprint density at radius 3 is 2.55 bits per heavy atom. The van der Waals surface area contributed by atoms with Gasteiger partial charge in [0.05, 0.1) is 12.6 Å². The van der Waals surface area contributed by atoms with E-state index < -0.39 is 0 Å². The number of rotatable bonds is 8. The summed E-state index contributed by atoms with van der Waals surface area (Å²) in [6.45, 7) is 6.61. The van der Waals surface area contributed by atoms with Gasteiger partial charge in [0.25, 0.3) is 0 Å². The topological polar surface area (TPSA) is 70.7 Å². The normalized spacial score (nSPS) is 17.1. The third-order valence-electron chi connectivity index (χ3n) is 4.02. The highest BCUT2D eigenvalue weighted by Gasteiger charge is 2.27. The van der Waals surface area contributed by atoms with Crippen LogP contribution < -0.4 is 10.6 Å². The molecule has 0 unspecified atom stereocenters. The van der Waals surface area contributed by atoms with Crippen molar-refractivity contribution >= 4 is 11.9 Å². The van der Waals surface area contributed by atoms with Gasteiger partial charge in [0.2, 0.25) is 5.91 Å². The molecule has 2 N–H and O–H groups in total. The summed E-state index contributed by atoms with van der Waals surface area (Å²) in [5, 5.41) is 5.91. The molecule has 1 rings (SSSR count). The maximum Gasteiger partial charge on any atom is 0.317 e. The van der Waals surface area contributed by atoms with Crippen molar-refractivity contribution in [3.8, 4) is 0 Å². The molecule has 0 aromatic heterocycles. The van der Waals surface area contributed by atoms with E-state index in [1.807, 2.05) is 6.92 Å². The molecule has 1 saturated heterocycles. The summed E-state index contributed by atoms with van der Waals surface area (Å²) >= 11 is 0. The van der Waals surface area contributed by atoms with E-state index in [0.717, 1.165) is 38.6 Å². The molecule has 1 aliphatic rings. The van der Waals surface area contributed by atoms with E-state index in [-0.39, 0.29) is 23.9 Å². The van der Waals surface area contributed by atoms with Crippen LogP contribution in [0.25, 0.3) is 0 Å². The first kappa shape index (κ1) is 18.7. The lowest BCUT2D eigenvalue weighted by Gasteiger charge is -2.32. The summed E-state index contributed by atoms with van der Waals surface area (Å²) in [6.07, 6.45) is 4.83. The van der Waals surface area contributed by atoms with E-state index in [1.54, 1.807) is 12.0 Å². The molecule has 0 aromatic carbocycles. The number of hydrogen-bond donors (Lipinski definition) is 2. The summed E-state index contributed by atoms with van der Waals surface area (Å²) in [6, 6.07) is -0.0663. The van der Waals surface area contributed by atoms with Gasteiger partial charge in [-0.15, -0.1) is 0 Å². The standard InChI is InChI=1S/C16H31N3O3/c1-4-5-6-9-17-15(20)14-7-10-19(11-8-14)16(21)18-13(2)12-22-3/h13-14H,4-12H2,1-3H3,(H,17,20)(H,18,21)/t13-/m1/s1. The minimum Gasteiger partial charge on any atom is -0.383 e. The minimum absolute atomic E-state index is 0.00270. The van der Waals surface area contributed by atoms with Crippen LogP contribution in [0, 0.1) is 5.92 Å². The van der Waals surface area contributed by atoms with Gasteiger partial charge in [-0.1, -0.05) is 19.8 Å². The highest BCUT2D eigenvalue weighted by molar-refractivity contribution is 5.79. The van der Waals surface area contributed by atoms with Gasteiger partial charge in [-0.2, -0.15) is 0 Å². The van der Waals surface area contributed by atoms with Crippen molar-refractivity contribution in [3.05, 3.63) is 0 Å². The van der Waals surface area contributed by atoms with Crippen LogP contribution in [0.15, 0.2) is 0 Å². The van der Waals surface area contributed by atoms with Crippen molar-refractivity contribution in [2.24, 2.45) is 5.92 Å². The molecule has 1 heterocycles. The molecule has 6 nitrogen and oxygen atoms in total. The number of carbonyl (C=O) groups excluding carboxylic acids is 2. The average Bonchev–Trinajstić information content (AvgIpc) is 2.51. The Labute approximate surface area is 134 Å². The lowest BCUT2D eigenvalue weighted by Crippen LogP contribution is -2.49. The highest BCUT2D eigenvalue weighted by atomic mass is 16.5. The fourth-order valence-electron chi connectivity index (χ4n) is 2.67. The van der Waals surface area contributed by atoms with E-state index in [2.05, 4.69) is 17.6 Å². The van der Waals surface area contributed by atoms with E-state index in [1.165, 1.54) is 0 Å². The molecule has 0 spiro atoms. The number of nitrogens with zero attached hydrogens (tertiary/aromatic N) is 1. The molecular formula is C16H31N3O3. The van der Waals surface area contributed by atoms with Crippen LogP contribution in [-0.4, -0.2) is 56.2 Å². The number of likely N-dealkylation sites (tertiary alicyclic amines) is 1. The fourth-order valence-corrected chi connectivity index (χ4v) is 2.67. The molecule has 3 amide bonds. The third-order valence-corrected chi connectivity index (χ3v) is 4.02. The predicted octanol–water partition coefficient (Wildman–Crippen LogP) is 1.75. The Balaban J connectivity index is 2.24. The number of methoxy groups -OCH3 is 1. The summed E-state index contributed by atoms with van der Waals surface area (Å²) in [7, 11) is 1.62. The van der Waals surface area contributed by atoms with Crippen LogP contribution in [-0.2, 0) is 9.53 Å². The zero-order chi connectivity index (χ0) is 16.4. The van der Waals surface area contributed by atoms with Crippen LogP contribution >= 0.6 is 0 Å². The third kappa shape index (κ3) is 6.64. The first-order valence-electron chi connectivity index (χ1n) is 8.40. The Morgan fingerprint density at radius 1 is 1.27 bits per heavy atom. The molecule has 1 aliphatic heterocycles. The van der Waals surface area contributed by atoms with Crippen molar-refractivity contribution in [2.75, 3.05) is 33.4 Å². The first-order chi connectivity index (χ1) is 10.6. The maximum atomic E-state index is 12.1. The second kappa shape index (κ2) is 10.4. The summed E-state index contributed by atoms with van der Waals surface area (Å²) < 4.78 is 5.01. The molecule has 0 aliphatic carbocycles. The van der Waals surface area contributed by atoms with Crippen molar-refractivity contribution in [2.45, 2.75) is 52.0 Å². The van der Waals surface area contributed by atoms with Crippen molar-refractivity contribution in [1.82, 2.24) is 15.5 Å². The fraction of sp³-hybridized carbons (Fsp3) is 0.875. The number of unbranched alkanes of at least 4 members (excludes halogenated alkanes) is 2. The lowest BCUT2D eigenvalue weighted by molar-refractivity contribution is -0.126. The Kier molecular flexibility index (Phi) is 8.89. The molecule has 1 atom stereocenters. The van der Waals surface area contributed by atoms with Crippen molar-refractivity contribution in [3.63, 3.8) is 0 Å². The Bertz CT molecular complexity index is 342. The molecule has 0 aromatic rings. The smallest absolute Gasteiger partial charge is 0.317 e. The van der Waals surface area contributed by atoms with E-state index in [9.17, 15) is 9.59 Å². The highest BCUT2D eigenvalue weighted by Crippen LogP contribution is 2.17. The Morgan fingerprint density at radius 2 is 1.95 bits per heavy atom. The van der Waals surface area contributed by atoms with Crippen molar-refractivity contribution in [1.29, 1.82) is 0 Å². The van der Waals surface area contributed by atoms with Gasteiger partial charge in [-0.05, 0) is 26.2 Å². The number of carbonyl (C=O) groups is 2.